The van der Waals surface area contributed by atoms with Gasteiger partial charge >= 0.3 is 0 Å². The lowest BCUT2D eigenvalue weighted by Gasteiger charge is -2.08. The zero-order valence-electron chi connectivity index (χ0n) is 8.94. The van der Waals surface area contributed by atoms with Crippen LogP contribution in [0.2, 0.25) is 0 Å². The Morgan fingerprint density at radius 3 is 1.92 bits per heavy atom. The summed E-state index contributed by atoms with van der Waals surface area (Å²) in [5, 5.41) is 0. The fourth-order valence-electron chi connectivity index (χ4n) is 0.868. The van der Waals surface area contributed by atoms with Gasteiger partial charge in [0.15, 0.2) is 0 Å². The summed E-state index contributed by atoms with van der Waals surface area (Å²) in [6, 6.07) is 0. The summed E-state index contributed by atoms with van der Waals surface area (Å²) in [4.78, 5) is 0. The van der Waals surface area contributed by atoms with E-state index < -0.39 is 0 Å². The molecule has 0 aromatic rings. The first kappa shape index (κ1) is 13.8. The molecule has 0 aliphatic heterocycles. The van der Waals surface area contributed by atoms with E-state index in [0.29, 0.717) is 0 Å². The lowest BCUT2D eigenvalue weighted by molar-refractivity contribution is 0.214. The normalized spacial score (nSPS) is 8.00. The van der Waals surface area contributed by atoms with Crippen LogP contribution in [0.3, 0.4) is 0 Å². The van der Waals surface area contributed by atoms with Crippen molar-refractivity contribution in [1.29, 1.82) is 0 Å². The molecule has 72 valence electrons. The predicted molar refractivity (Wildman–Crippen MR) is 56.2 cm³/mol. The molecule has 1 nitrogen and oxygen atoms in total. The molecule has 0 aromatic heterocycles. The van der Waals surface area contributed by atoms with Gasteiger partial charge in [0.05, 0.1) is 12.4 Å². The lowest BCUT2D eigenvalue weighted by Crippen LogP contribution is -1.93. The van der Waals surface area contributed by atoms with E-state index >= 15 is 0 Å². The Morgan fingerprint density at radius 2 is 1.67 bits per heavy atom. The monoisotopic (exact) mass is 170 g/mol. The van der Waals surface area contributed by atoms with E-state index in [2.05, 4.69) is 33.9 Å². The summed E-state index contributed by atoms with van der Waals surface area (Å²) >= 11 is 0. The average Bonchev–Trinajstić information content (AvgIpc) is 2.08. The minimum Gasteiger partial charge on any atom is -0.498 e. The van der Waals surface area contributed by atoms with Crippen molar-refractivity contribution in [3.8, 4) is 0 Å². The van der Waals surface area contributed by atoms with Gasteiger partial charge in [-0.1, -0.05) is 6.92 Å². The van der Waals surface area contributed by atoms with Gasteiger partial charge in [-0.15, -0.1) is 13.2 Å². The van der Waals surface area contributed by atoms with Crippen molar-refractivity contribution in [2.75, 3.05) is 6.61 Å². The summed E-state index contributed by atoms with van der Waals surface area (Å²) in [6.07, 6.45) is 2.25. The number of ether oxygens (including phenoxy) is 1. The Hall–Kier alpha value is -0.720. The van der Waals surface area contributed by atoms with Crippen molar-refractivity contribution in [2.24, 2.45) is 0 Å². The summed E-state index contributed by atoms with van der Waals surface area (Å²) in [5.74, 6) is 1.17. The summed E-state index contributed by atoms with van der Waals surface area (Å²) in [7, 11) is 0. The van der Waals surface area contributed by atoms with Crippen molar-refractivity contribution >= 4 is 0 Å². The highest BCUT2D eigenvalue weighted by Gasteiger charge is 1.96. The summed E-state index contributed by atoms with van der Waals surface area (Å²) in [6.45, 7) is 15.2. The average molecular weight is 170 g/mol. The molecule has 1 heteroatoms. The molecule has 0 amide bonds. The van der Waals surface area contributed by atoms with Crippen LogP contribution in [-0.4, -0.2) is 6.61 Å². The molecule has 0 fully saturated rings. The first-order valence-electron chi connectivity index (χ1n) is 4.51. The molecule has 0 saturated heterocycles. The Bertz CT molecular complexity index is 113. The molecule has 0 saturated carbocycles. The second-order valence-corrected chi connectivity index (χ2v) is 2.61. The number of rotatable bonds is 4. The molecular weight excluding hydrogens is 148 g/mol. The van der Waals surface area contributed by atoms with Crippen LogP contribution in [0, 0.1) is 0 Å². The van der Waals surface area contributed by atoms with Crippen LogP contribution < -0.4 is 0 Å². The molecule has 0 aliphatic rings. The maximum atomic E-state index is 5.42. The van der Waals surface area contributed by atoms with E-state index in [1.807, 2.05) is 6.92 Å². The standard InChI is InChI=1S/C9H18O.C2H4/c1-5-7-9(8(3)4)10-6-2;1-2/h5-7H2,1-4H3;1-2H2. The van der Waals surface area contributed by atoms with Gasteiger partial charge in [-0.2, -0.15) is 0 Å². The Balaban J connectivity index is 0. The second-order valence-electron chi connectivity index (χ2n) is 2.61. The van der Waals surface area contributed by atoms with E-state index in [1.165, 1.54) is 17.8 Å². The maximum Gasteiger partial charge on any atom is 0.0945 e. The highest BCUT2D eigenvalue weighted by Crippen LogP contribution is 2.11. The SMILES string of the molecule is C=C.CCCC(OCC)=C(C)C. The highest BCUT2D eigenvalue weighted by atomic mass is 16.5. The summed E-state index contributed by atoms with van der Waals surface area (Å²) in [5.41, 5.74) is 1.31. The van der Waals surface area contributed by atoms with E-state index in [-0.39, 0.29) is 0 Å². The number of hydrogen-bond donors (Lipinski definition) is 0. The fourth-order valence-corrected chi connectivity index (χ4v) is 0.868. The van der Waals surface area contributed by atoms with Gasteiger partial charge in [-0.3, -0.25) is 0 Å². The van der Waals surface area contributed by atoms with Crippen LogP contribution >= 0.6 is 0 Å². The smallest absolute Gasteiger partial charge is 0.0945 e. The first-order chi connectivity index (χ1) is 5.72. The van der Waals surface area contributed by atoms with Crippen molar-refractivity contribution in [1.82, 2.24) is 0 Å². The van der Waals surface area contributed by atoms with Crippen molar-refractivity contribution in [3.05, 3.63) is 24.5 Å². The minimum atomic E-state index is 0.792. The number of hydrogen-bond acceptors (Lipinski definition) is 1. The zero-order chi connectivity index (χ0) is 9.98. The van der Waals surface area contributed by atoms with Crippen LogP contribution in [0.25, 0.3) is 0 Å². The molecule has 0 radical (unpaired) electrons. The molecule has 12 heavy (non-hydrogen) atoms. The molecule has 0 N–H and O–H groups in total. The summed E-state index contributed by atoms with van der Waals surface area (Å²) < 4.78 is 5.42. The lowest BCUT2D eigenvalue weighted by atomic mass is 10.2. The quantitative estimate of drug-likeness (QED) is 0.459. The zero-order valence-corrected chi connectivity index (χ0v) is 8.94. The highest BCUT2D eigenvalue weighted by molar-refractivity contribution is 5.02. The van der Waals surface area contributed by atoms with Gasteiger partial charge < -0.3 is 4.74 Å². The predicted octanol–water partition coefficient (Wildman–Crippen LogP) is 3.92. The topological polar surface area (TPSA) is 9.23 Å². The Morgan fingerprint density at radius 1 is 1.17 bits per heavy atom. The molecular formula is C11H22O. The van der Waals surface area contributed by atoms with Crippen LogP contribution in [0.4, 0.5) is 0 Å². The van der Waals surface area contributed by atoms with Crippen LogP contribution in [0.5, 0.6) is 0 Å². The van der Waals surface area contributed by atoms with Gasteiger partial charge in [0.2, 0.25) is 0 Å². The minimum absolute atomic E-state index is 0.792. The van der Waals surface area contributed by atoms with Crippen molar-refractivity contribution < 1.29 is 4.74 Å². The van der Waals surface area contributed by atoms with Gasteiger partial charge in [0.1, 0.15) is 0 Å². The third-order valence-electron chi connectivity index (χ3n) is 1.35. The van der Waals surface area contributed by atoms with Crippen LogP contribution in [0.1, 0.15) is 40.5 Å². The van der Waals surface area contributed by atoms with Gasteiger partial charge in [0, 0.05) is 6.42 Å². The van der Waals surface area contributed by atoms with Crippen molar-refractivity contribution in [2.45, 2.75) is 40.5 Å². The molecule has 0 aliphatic carbocycles. The third kappa shape index (κ3) is 7.39. The largest absolute Gasteiger partial charge is 0.498 e. The molecule has 0 rings (SSSR count). The van der Waals surface area contributed by atoms with Crippen LogP contribution in [0.15, 0.2) is 24.5 Å². The third-order valence-corrected chi connectivity index (χ3v) is 1.35. The molecule has 0 atom stereocenters. The van der Waals surface area contributed by atoms with Gasteiger partial charge in [-0.25, -0.2) is 0 Å². The molecule has 0 spiro atoms. The molecule has 0 bridgehead atoms. The molecule has 0 unspecified atom stereocenters. The Labute approximate surface area is 77.1 Å². The molecule has 0 heterocycles. The van der Waals surface area contributed by atoms with E-state index in [0.717, 1.165) is 13.0 Å². The first-order valence-corrected chi connectivity index (χ1v) is 4.51. The number of allylic oxidation sites excluding steroid dienone is 2. The van der Waals surface area contributed by atoms with E-state index in [9.17, 15) is 0 Å². The molecule has 0 aromatic carbocycles. The van der Waals surface area contributed by atoms with Crippen molar-refractivity contribution in [3.63, 3.8) is 0 Å². The second kappa shape index (κ2) is 10.3. The Kier molecular flexibility index (Phi) is 11.9. The van der Waals surface area contributed by atoms with E-state index in [1.54, 1.807) is 0 Å². The van der Waals surface area contributed by atoms with Gasteiger partial charge in [-0.05, 0) is 32.8 Å². The van der Waals surface area contributed by atoms with Gasteiger partial charge in [0.25, 0.3) is 0 Å². The van der Waals surface area contributed by atoms with E-state index in [4.69, 9.17) is 4.74 Å². The fraction of sp³-hybridized carbons (Fsp3) is 0.636. The van der Waals surface area contributed by atoms with Crippen LogP contribution in [-0.2, 0) is 4.74 Å². The maximum absolute atomic E-state index is 5.42.